The molecule has 0 rings (SSSR count). The molecule has 0 fully saturated rings. The SMILES string of the molecule is CCC/C=C\CC(C(=O)OCC)C(=O)OCC. The molecule has 0 bridgehead atoms. The first-order chi connectivity index (χ1) is 8.17. The van der Waals surface area contributed by atoms with Crippen molar-refractivity contribution in [2.45, 2.75) is 40.0 Å². The zero-order chi connectivity index (χ0) is 13.1. The average molecular weight is 242 g/mol. The van der Waals surface area contributed by atoms with Crippen molar-refractivity contribution in [3.8, 4) is 0 Å². The van der Waals surface area contributed by atoms with Crippen LogP contribution in [0.25, 0.3) is 0 Å². The maximum atomic E-state index is 11.6. The fourth-order valence-electron chi connectivity index (χ4n) is 1.29. The number of carbonyl (C=O) groups is 2. The first-order valence-corrected chi connectivity index (χ1v) is 6.15. The van der Waals surface area contributed by atoms with Gasteiger partial charge in [-0.2, -0.15) is 0 Å². The van der Waals surface area contributed by atoms with E-state index in [-0.39, 0.29) is 13.2 Å². The lowest BCUT2D eigenvalue weighted by Crippen LogP contribution is -2.27. The van der Waals surface area contributed by atoms with Crippen LogP contribution in [-0.4, -0.2) is 25.2 Å². The van der Waals surface area contributed by atoms with Gasteiger partial charge in [-0.05, 0) is 26.7 Å². The first kappa shape index (κ1) is 15.7. The smallest absolute Gasteiger partial charge is 0.320 e. The molecule has 0 radical (unpaired) electrons. The van der Waals surface area contributed by atoms with E-state index in [0.717, 1.165) is 12.8 Å². The summed E-state index contributed by atoms with van der Waals surface area (Å²) in [5, 5.41) is 0. The second-order valence-corrected chi connectivity index (χ2v) is 3.55. The Morgan fingerprint density at radius 3 is 1.94 bits per heavy atom. The van der Waals surface area contributed by atoms with Crippen LogP contribution in [0.5, 0.6) is 0 Å². The summed E-state index contributed by atoms with van der Waals surface area (Å²) >= 11 is 0. The quantitative estimate of drug-likeness (QED) is 0.373. The van der Waals surface area contributed by atoms with Crippen molar-refractivity contribution in [2.24, 2.45) is 5.92 Å². The summed E-state index contributed by atoms with van der Waals surface area (Å²) in [6.07, 6.45) is 6.13. The molecule has 0 heterocycles. The molecule has 0 saturated heterocycles. The first-order valence-electron chi connectivity index (χ1n) is 6.15. The Bertz CT molecular complexity index is 240. The highest BCUT2D eigenvalue weighted by atomic mass is 16.6. The molecule has 0 atom stereocenters. The third-order valence-electron chi connectivity index (χ3n) is 2.14. The Hall–Kier alpha value is -1.32. The van der Waals surface area contributed by atoms with E-state index in [0.29, 0.717) is 6.42 Å². The summed E-state index contributed by atoms with van der Waals surface area (Å²) in [4.78, 5) is 23.1. The van der Waals surface area contributed by atoms with Crippen molar-refractivity contribution in [3.63, 3.8) is 0 Å². The molecule has 4 nitrogen and oxygen atoms in total. The number of hydrogen-bond acceptors (Lipinski definition) is 4. The number of hydrogen-bond donors (Lipinski definition) is 0. The van der Waals surface area contributed by atoms with Gasteiger partial charge < -0.3 is 9.47 Å². The minimum absolute atomic E-state index is 0.271. The van der Waals surface area contributed by atoms with Crippen LogP contribution < -0.4 is 0 Å². The van der Waals surface area contributed by atoms with Crippen molar-refractivity contribution in [3.05, 3.63) is 12.2 Å². The van der Waals surface area contributed by atoms with Crippen LogP contribution in [0.4, 0.5) is 0 Å². The minimum atomic E-state index is -0.831. The molecule has 0 aliphatic carbocycles. The van der Waals surface area contributed by atoms with E-state index in [9.17, 15) is 9.59 Å². The summed E-state index contributed by atoms with van der Waals surface area (Å²) in [6, 6.07) is 0. The zero-order valence-corrected chi connectivity index (χ0v) is 10.9. The second kappa shape index (κ2) is 9.87. The normalized spacial score (nSPS) is 10.8. The zero-order valence-electron chi connectivity index (χ0n) is 10.9. The molecule has 98 valence electrons. The molecule has 0 spiro atoms. The molecule has 0 aromatic carbocycles. The average Bonchev–Trinajstić information content (AvgIpc) is 2.29. The van der Waals surface area contributed by atoms with Gasteiger partial charge in [-0.3, -0.25) is 9.59 Å². The van der Waals surface area contributed by atoms with Crippen LogP contribution in [0.15, 0.2) is 12.2 Å². The molecule has 0 aromatic heterocycles. The number of rotatable bonds is 8. The monoisotopic (exact) mass is 242 g/mol. The van der Waals surface area contributed by atoms with Gasteiger partial charge in [-0.1, -0.05) is 25.5 Å². The molecule has 4 heteroatoms. The fourth-order valence-corrected chi connectivity index (χ4v) is 1.29. The molecule has 0 amide bonds. The topological polar surface area (TPSA) is 52.6 Å². The summed E-state index contributed by atoms with van der Waals surface area (Å²) < 4.78 is 9.71. The number of unbranched alkanes of at least 4 members (excludes halogenated alkanes) is 1. The van der Waals surface area contributed by atoms with Crippen LogP contribution in [0.3, 0.4) is 0 Å². The van der Waals surface area contributed by atoms with Crippen molar-refractivity contribution in [1.29, 1.82) is 0 Å². The highest BCUT2D eigenvalue weighted by molar-refractivity contribution is 5.95. The van der Waals surface area contributed by atoms with Gasteiger partial charge in [0.1, 0.15) is 0 Å². The Kier molecular flexibility index (Phi) is 9.11. The van der Waals surface area contributed by atoms with Gasteiger partial charge in [0.05, 0.1) is 13.2 Å². The molecular weight excluding hydrogens is 220 g/mol. The predicted octanol–water partition coefficient (Wildman–Crippen LogP) is 2.48. The van der Waals surface area contributed by atoms with E-state index < -0.39 is 17.9 Å². The maximum Gasteiger partial charge on any atom is 0.320 e. The van der Waals surface area contributed by atoms with Gasteiger partial charge in [0.2, 0.25) is 0 Å². The third kappa shape index (κ3) is 6.76. The van der Waals surface area contributed by atoms with Crippen molar-refractivity contribution < 1.29 is 19.1 Å². The van der Waals surface area contributed by atoms with Crippen LogP contribution in [0.1, 0.15) is 40.0 Å². The standard InChI is InChI=1S/C13H22O4/c1-4-7-8-9-10-11(12(14)16-5-2)13(15)17-6-3/h8-9,11H,4-7,10H2,1-3H3/b9-8-. The molecule has 0 aliphatic rings. The fraction of sp³-hybridized carbons (Fsp3) is 0.692. The van der Waals surface area contributed by atoms with E-state index in [2.05, 4.69) is 6.92 Å². The number of ether oxygens (including phenoxy) is 2. The van der Waals surface area contributed by atoms with Crippen LogP contribution >= 0.6 is 0 Å². The predicted molar refractivity (Wildman–Crippen MR) is 65.4 cm³/mol. The van der Waals surface area contributed by atoms with Gasteiger partial charge in [0, 0.05) is 0 Å². The molecule has 0 saturated carbocycles. The Morgan fingerprint density at radius 1 is 1.00 bits per heavy atom. The maximum absolute atomic E-state index is 11.6. The van der Waals surface area contributed by atoms with E-state index in [4.69, 9.17) is 9.47 Å². The number of carbonyl (C=O) groups excluding carboxylic acids is 2. The number of allylic oxidation sites excluding steroid dienone is 2. The van der Waals surface area contributed by atoms with Gasteiger partial charge in [0.15, 0.2) is 5.92 Å². The van der Waals surface area contributed by atoms with Crippen LogP contribution in [0, 0.1) is 5.92 Å². The largest absolute Gasteiger partial charge is 0.465 e. The van der Waals surface area contributed by atoms with Gasteiger partial charge in [-0.25, -0.2) is 0 Å². The Labute approximate surface area is 103 Å². The van der Waals surface area contributed by atoms with E-state index in [1.165, 1.54) is 0 Å². The Morgan fingerprint density at radius 2 is 1.53 bits per heavy atom. The molecule has 0 aliphatic heterocycles. The highest BCUT2D eigenvalue weighted by Crippen LogP contribution is 2.10. The number of esters is 2. The lowest BCUT2D eigenvalue weighted by atomic mass is 10.1. The van der Waals surface area contributed by atoms with E-state index >= 15 is 0 Å². The van der Waals surface area contributed by atoms with Crippen molar-refractivity contribution in [1.82, 2.24) is 0 Å². The summed E-state index contributed by atoms with van der Waals surface area (Å²) in [5.41, 5.74) is 0. The van der Waals surface area contributed by atoms with Crippen LogP contribution in [0.2, 0.25) is 0 Å². The summed E-state index contributed by atoms with van der Waals surface area (Å²) in [5.74, 6) is -1.85. The molecule has 0 N–H and O–H groups in total. The summed E-state index contributed by atoms with van der Waals surface area (Å²) in [7, 11) is 0. The highest BCUT2D eigenvalue weighted by Gasteiger charge is 2.27. The molecule has 0 aromatic rings. The molecule has 0 unspecified atom stereocenters. The van der Waals surface area contributed by atoms with Gasteiger partial charge >= 0.3 is 11.9 Å². The molecular formula is C13H22O4. The van der Waals surface area contributed by atoms with Gasteiger partial charge in [0.25, 0.3) is 0 Å². The summed E-state index contributed by atoms with van der Waals surface area (Å²) in [6.45, 7) is 6.04. The van der Waals surface area contributed by atoms with Crippen LogP contribution in [-0.2, 0) is 19.1 Å². The van der Waals surface area contributed by atoms with E-state index in [1.54, 1.807) is 13.8 Å². The van der Waals surface area contributed by atoms with Crippen molar-refractivity contribution in [2.75, 3.05) is 13.2 Å². The molecule has 17 heavy (non-hydrogen) atoms. The second-order valence-electron chi connectivity index (χ2n) is 3.55. The lowest BCUT2D eigenvalue weighted by Gasteiger charge is -2.12. The lowest BCUT2D eigenvalue weighted by molar-refractivity contribution is -0.161. The van der Waals surface area contributed by atoms with Gasteiger partial charge in [-0.15, -0.1) is 0 Å². The third-order valence-corrected chi connectivity index (χ3v) is 2.14. The van der Waals surface area contributed by atoms with E-state index in [1.807, 2.05) is 12.2 Å². The Balaban J connectivity index is 4.39. The van der Waals surface area contributed by atoms with Crippen molar-refractivity contribution >= 4 is 11.9 Å². The minimum Gasteiger partial charge on any atom is -0.465 e.